The van der Waals surface area contributed by atoms with Crippen LogP contribution < -0.4 is 4.74 Å². The monoisotopic (exact) mass is 288 g/mol. The highest BCUT2D eigenvalue weighted by atomic mass is 16.5. The van der Waals surface area contributed by atoms with E-state index in [1.54, 1.807) is 7.11 Å². The molecule has 0 saturated carbocycles. The molecule has 116 valence electrons. The van der Waals surface area contributed by atoms with Crippen LogP contribution in [0, 0.1) is 0 Å². The van der Waals surface area contributed by atoms with Crippen LogP contribution in [0.25, 0.3) is 6.08 Å². The first-order valence-electron chi connectivity index (χ1n) is 7.89. The summed E-state index contributed by atoms with van der Waals surface area (Å²) < 4.78 is 5.37. The molecule has 1 atom stereocenters. The predicted molar refractivity (Wildman–Crippen MR) is 89.8 cm³/mol. The number of piperazine rings is 1. The summed E-state index contributed by atoms with van der Waals surface area (Å²) in [5, 5.41) is 0. The molecule has 3 heteroatoms. The van der Waals surface area contributed by atoms with Gasteiger partial charge in [-0.05, 0) is 26.8 Å². The van der Waals surface area contributed by atoms with Crippen LogP contribution in [0.2, 0.25) is 0 Å². The molecular formula is C18H28N2O. The zero-order valence-corrected chi connectivity index (χ0v) is 13.7. The quantitative estimate of drug-likeness (QED) is 0.828. The maximum absolute atomic E-state index is 5.37. The van der Waals surface area contributed by atoms with Gasteiger partial charge < -0.3 is 4.74 Å². The van der Waals surface area contributed by atoms with Crippen molar-refractivity contribution in [2.75, 3.05) is 33.3 Å². The lowest BCUT2D eigenvalue weighted by molar-refractivity contribution is 0.0666. The molecule has 1 aromatic rings. The van der Waals surface area contributed by atoms with Crippen molar-refractivity contribution in [2.24, 2.45) is 0 Å². The van der Waals surface area contributed by atoms with Crippen molar-refractivity contribution in [1.29, 1.82) is 0 Å². The number of para-hydroxylation sites is 1. The molecule has 0 spiro atoms. The van der Waals surface area contributed by atoms with Gasteiger partial charge in [0.05, 0.1) is 7.11 Å². The highest BCUT2D eigenvalue weighted by Gasteiger charge is 2.24. The van der Waals surface area contributed by atoms with E-state index in [2.05, 4.69) is 48.8 Å². The second-order valence-corrected chi connectivity index (χ2v) is 6.08. The van der Waals surface area contributed by atoms with E-state index in [0.29, 0.717) is 12.1 Å². The fourth-order valence-corrected chi connectivity index (χ4v) is 3.11. The van der Waals surface area contributed by atoms with Crippen molar-refractivity contribution < 1.29 is 4.74 Å². The fourth-order valence-electron chi connectivity index (χ4n) is 3.11. The Balaban J connectivity index is 1.88. The summed E-state index contributed by atoms with van der Waals surface area (Å²) in [5.74, 6) is 0.937. The van der Waals surface area contributed by atoms with Gasteiger partial charge in [-0.3, -0.25) is 9.80 Å². The Hall–Kier alpha value is -1.32. The summed E-state index contributed by atoms with van der Waals surface area (Å²) in [6, 6.07) is 9.43. The SMILES string of the molecule is COc1ccccc1/C=C/CN1CCN(C(C)C)[C@H](C)C1. The van der Waals surface area contributed by atoms with E-state index in [0.717, 1.165) is 30.9 Å². The predicted octanol–water partition coefficient (Wildman–Crippen LogP) is 3.12. The Morgan fingerprint density at radius 3 is 2.71 bits per heavy atom. The summed E-state index contributed by atoms with van der Waals surface area (Å²) in [7, 11) is 1.72. The van der Waals surface area contributed by atoms with E-state index in [4.69, 9.17) is 4.74 Å². The summed E-state index contributed by atoms with van der Waals surface area (Å²) >= 11 is 0. The molecule has 0 unspecified atom stereocenters. The van der Waals surface area contributed by atoms with Crippen LogP contribution in [0.15, 0.2) is 30.3 Å². The van der Waals surface area contributed by atoms with Crippen LogP contribution in [-0.2, 0) is 0 Å². The van der Waals surface area contributed by atoms with Gasteiger partial charge in [0.15, 0.2) is 0 Å². The van der Waals surface area contributed by atoms with Crippen molar-refractivity contribution in [1.82, 2.24) is 9.80 Å². The van der Waals surface area contributed by atoms with Gasteiger partial charge >= 0.3 is 0 Å². The number of hydrogen-bond donors (Lipinski definition) is 0. The topological polar surface area (TPSA) is 15.7 Å². The first-order chi connectivity index (χ1) is 10.1. The van der Waals surface area contributed by atoms with Gasteiger partial charge in [-0.25, -0.2) is 0 Å². The maximum atomic E-state index is 5.37. The number of benzene rings is 1. The second kappa shape index (κ2) is 7.62. The third kappa shape index (κ3) is 4.32. The van der Waals surface area contributed by atoms with Gasteiger partial charge in [0, 0.05) is 43.8 Å². The fraction of sp³-hybridized carbons (Fsp3) is 0.556. The van der Waals surface area contributed by atoms with Crippen LogP contribution in [0.4, 0.5) is 0 Å². The Kier molecular flexibility index (Phi) is 5.83. The average Bonchev–Trinajstić information content (AvgIpc) is 2.47. The Morgan fingerprint density at radius 2 is 2.05 bits per heavy atom. The molecule has 0 amide bonds. The van der Waals surface area contributed by atoms with Crippen LogP contribution in [0.3, 0.4) is 0 Å². The zero-order chi connectivity index (χ0) is 15.2. The zero-order valence-electron chi connectivity index (χ0n) is 13.7. The minimum atomic E-state index is 0.637. The van der Waals surface area contributed by atoms with Crippen molar-refractivity contribution in [3.05, 3.63) is 35.9 Å². The normalized spacial score (nSPS) is 21.3. The third-order valence-corrected chi connectivity index (χ3v) is 4.23. The average molecular weight is 288 g/mol. The smallest absolute Gasteiger partial charge is 0.126 e. The molecule has 21 heavy (non-hydrogen) atoms. The van der Waals surface area contributed by atoms with Crippen LogP contribution in [0.1, 0.15) is 26.3 Å². The molecular weight excluding hydrogens is 260 g/mol. The van der Waals surface area contributed by atoms with Gasteiger partial charge in [0.25, 0.3) is 0 Å². The van der Waals surface area contributed by atoms with Gasteiger partial charge in [0.2, 0.25) is 0 Å². The van der Waals surface area contributed by atoms with E-state index in [9.17, 15) is 0 Å². The molecule has 2 rings (SSSR count). The lowest BCUT2D eigenvalue weighted by atomic mass is 10.1. The molecule has 1 aliphatic rings. The van der Waals surface area contributed by atoms with Crippen LogP contribution >= 0.6 is 0 Å². The Labute approximate surface area is 129 Å². The van der Waals surface area contributed by atoms with Gasteiger partial charge in [0.1, 0.15) is 5.75 Å². The molecule has 0 radical (unpaired) electrons. The minimum Gasteiger partial charge on any atom is -0.496 e. The number of nitrogens with zero attached hydrogens (tertiary/aromatic N) is 2. The summed E-state index contributed by atoms with van der Waals surface area (Å²) in [5.41, 5.74) is 1.15. The molecule has 1 heterocycles. The summed E-state index contributed by atoms with van der Waals surface area (Å²) in [6.07, 6.45) is 4.41. The molecule has 0 aromatic heterocycles. The van der Waals surface area contributed by atoms with Crippen molar-refractivity contribution in [3.63, 3.8) is 0 Å². The lowest BCUT2D eigenvalue weighted by Gasteiger charge is -2.41. The van der Waals surface area contributed by atoms with E-state index in [1.165, 1.54) is 6.54 Å². The molecule has 1 aromatic carbocycles. The first kappa shape index (κ1) is 16.1. The number of hydrogen-bond acceptors (Lipinski definition) is 3. The van der Waals surface area contributed by atoms with E-state index >= 15 is 0 Å². The third-order valence-electron chi connectivity index (χ3n) is 4.23. The molecule has 0 aliphatic carbocycles. The summed E-state index contributed by atoms with van der Waals surface area (Å²) in [6.45, 7) is 11.4. The van der Waals surface area contributed by atoms with Crippen molar-refractivity contribution >= 4 is 6.08 Å². The molecule has 0 bridgehead atoms. The van der Waals surface area contributed by atoms with Crippen LogP contribution in [0.5, 0.6) is 5.75 Å². The van der Waals surface area contributed by atoms with Gasteiger partial charge in [-0.15, -0.1) is 0 Å². The molecule has 1 fully saturated rings. The highest BCUT2D eigenvalue weighted by Crippen LogP contribution is 2.19. The Morgan fingerprint density at radius 1 is 1.29 bits per heavy atom. The first-order valence-corrected chi connectivity index (χ1v) is 7.89. The van der Waals surface area contributed by atoms with Gasteiger partial charge in [-0.1, -0.05) is 30.4 Å². The molecule has 1 aliphatic heterocycles. The maximum Gasteiger partial charge on any atom is 0.126 e. The van der Waals surface area contributed by atoms with E-state index < -0.39 is 0 Å². The van der Waals surface area contributed by atoms with Crippen molar-refractivity contribution in [2.45, 2.75) is 32.9 Å². The van der Waals surface area contributed by atoms with Crippen LogP contribution in [-0.4, -0.2) is 55.2 Å². The number of ether oxygens (including phenoxy) is 1. The van der Waals surface area contributed by atoms with Gasteiger partial charge in [-0.2, -0.15) is 0 Å². The second-order valence-electron chi connectivity index (χ2n) is 6.08. The Bertz CT molecular complexity index is 470. The lowest BCUT2D eigenvalue weighted by Crippen LogP contribution is -2.54. The van der Waals surface area contributed by atoms with E-state index in [-0.39, 0.29) is 0 Å². The molecule has 0 N–H and O–H groups in total. The highest BCUT2D eigenvalue weighted by molar-refractivity contribution is 5.57. The molecule has 3 nitrogen and oxygen atoms in total. The standard InChI is InChI=1S/C18H28N2O/c1-15(2)20-13-12-19(14-16(20)3)11-7-9-17-8-5-6-10-18(17)21-4/h5-10,15-16H,11-14H2,1-4H3/b9-7+/t16-/m1/s1. The number of rotatable bonds is 5. The van der Waals surface area contributed by atoms with E-state index in [1.807, 2.05) is 18.2 Å². The molecule has 1 saturated heterocycles. The van der Waals surface area contributed by atoms with Crippen molar-refractivity contribution in [3.8, 4) is 5.75 Å². The summed E-state index contributed by atoms with van der Waals surface area (Å²) in [4.78, 5) is 5.11. The number of methoxy groups -OCH3 is 1. The largest absolute Gasteiger partial charge is 0.496 e. The minimum absolute atomic E-state index is 0.637.